The van der Waals surface area contributed by atoms with Crippen LogP contribution in [-0.4, -0.2) is 175 Å². The van der Waals surface area contributed by atoms with Gasteiger partial charge in [0.1, 0.15) is 0 Å². The first kappa shape index (κ1) is 32.9. The number of likely N-dealkylation sites (N-methyl/N-ethyl adjacent to an activating group) is 2. The van der Waals surface area contributed by atoms with Gasteiger partial charge in [0.05, 0.1) is 26.4 Å². The minimum atomic E-state index is 0.808. The van der Waals surface area contributed by atoms with E-state index in [0.29, 0.717) is 0 Å². The zero-order valence-electron chi connectivity index (χ0n) is 25.2. The maximum absolute atomic E-state index is 5.94. The number of ether oxygens (including phenoxy) is 2. The lowest BCUT2D eigenvalue weighted by Gasteiger charge is -2.35. The Hall–Kier alpha value is -0.320. The molecule has 2 heterocycles. The van der Waals surface area contributed by atoms with Crippen molar-refractivity contribution in [2.75, 3.05) is 145 Å². The molecular weight excluding hydrogens is 464 g/mol. The van der Waals surface area contributed by atoms with Crippen molar-refractivity contribution in [3.8, 4) is 0 Å². The van der Waals surface area contributed by atoms with Crippen LogP contribution in [0.15, 0.2) is 0 Å². The molecule has 2 aliphatic heterocycles. The van der Waals surface area contributed by atoms with Gasteiger partial charge in [-0.1, -0.05) is 33.1 Å². The highest BCUT2D eigenvalue weighted by molar-refractivity contribution is 4.73. The fourth-order valence-corrected chi connectivity index (χ4v) is 5.18. The maximum atomic E-state index is 5.94. The number of hydrogen-bond donors (Lipinski definition) is 0. The van der Waals surface area contributed by atoms with E-state index < -0.39 is 0 Å². The largest absolute Gasteiger partial charge is 0.379 e. The molecule has 0 unspecified atom stereocenters. The molecule has 2 rings (SSSR count). The van der Waals surface area contributed by atoms with Crippen molar-refractivity contribution in [1.29, 1.82) is 0 Å². The van der Waals surface area contributed by atoms with Gasteiger partial charge in [-0.15, -0.1) is 0 Å². The zero-order chi connectivity index (χ0) is 26.6. The van der Waals surface area contributed by atoms with Crippen LogP contribution in [-0.2, 0) is 9.47 Å². The molecule has 0 aromatic carbocycles. The Balaban J connectivity index is 1.34. The third kappa shape index (κ3) is 16.4. The van der Waals surface area contributed by atoms with E-state index in [1.807, 2.05) is 0 Å². The Morgan fingerprint density at radius 1 is 0.459 bits per heavy atom. The molecule has 0 spiro atoms. The lowest BCUT2D eigenvalue weighted by atomic mass is 10.2. The van der Waals surface area contributed by atoms with Crippen molar-refractivity contribution in [2.45, 2.75) is 46.0 Å². The lowest BCUT2D eigenvalue weighted by molar-refractivity contribution is 0.0512. The van der Waals surface area contributed by atoms with Crippen molar-refractivity contribution in [3.05, 3.63) is 0 Å². The van der Waals surface area contributed by atoms with Gasteiger partial charge < -0.3 is 24.2 Å². The van der Waals surface area contributed by atoms with Crippen LogP contribution in [0.1, 0.15) is 46.0 Å². The van der Waals surface area contributed by atoms with Crippen LogP contribution in [0.25, 0.3) is 0 Å². The first-order valence-electron chi connectivity index (χ1n) is 15.5. The summed E-state index contributed by atoms with van der Waals surface area (Å²) >= 11 is 0. The monoisotopic (exact) mass is 526 g/mol. The topological polar surface area (TPSA) is 37.9 Å². The summed E-state index contributed by atoms with van der Waals surface area (Å²) in [5.41, 5.74) is 0. The van der Waals surface area contributed by atoms with Crippen LogP contribution in [0.5, 0.6) is 0 Å². The van der Waals surface area contributed by atoms with Gasteiger partial charge in [0.2, 0.25) is 0 Å². The maximum Gasteiger partial charge on any atom is 0.0594 e. The van der Waals surface area contributed by atoms with Crippen LogP contribution in [0.3, 0.4) is 0 Å². The highest BCUT2D eigenvalue weighted by Crippen LogP contribution is 2.06. The molecule has 2 aliphatic rings. The van der Waals surface area contributed by atoms with E-state index >= 15 is 0 Å². The van der Waals surface area contributed by atoms with Crippen LogP contribution in [0, 0.1) is 0 Å². The van der Waals surface area contributed by atoms with E-state index in [2.05, 4.69) is 57.3 Å². The first-order chi connectivity index (χ1) is 18.1. The van der Waals surface area contributed by atoms with Crippen molar-refractivity contribution in [2.24, 2.45) is 0 Å². The molecule has 0 N–H and O–H groups in total. The Labute approximate surface area is 230 Å². The van der Waals surface area contributed by atoms with Crippen LogP contribution in [0.2, 0.25) is 0 Å². The third-order valence-electron chi connectivity index (χ3n) is 8.00. The number of rotatable bonds is 22. The summed E-state index contributed by atoms with van der Waals surface area (Å²) in [7, 11) is 4.41. The predicted molar refractivity (Wildman–Crippen MR) is 157 cm³/mol. The molecule has 8 heteroatoms. The second kappa shape index (κ2) is 21.5. The highest BCUT2D eigenvalue weighted by atomic mass is 16.5. The summed E-state index contributed by atoms with van der Waals surface area (Å²) in [6.45, 7) is 26.4. The number of hydrogen-bond acceptors (Lipinski definition) is 8. The summed E-state index contributed by atoms with van der Waals surface area (Å²) in [5.74, 6) is 0. The summed E-state index contributed by atoms with van der Waals surface area (Å²) in [5, 5.41) is 0. The van der Waals surface area contributed by atoms with Gasteiger partial charge >= 0.3 is 0 Å². The molecule has 0 amide bonds. The molecule has 2 fully saturated rings. The molecule has 37 heavy (non-hydrogen) atoms. The normalized spacial score (nSPS) is 19.0. The fourth-order valence-electron chi connectivity index (χ4n) is 5.18. The SMILES string of the molecule is CCCCCCN1CCN(CCOCCN(C)CCOCCN2CCN(CCN(C)CCC)CC2)CC1. The Bertz CT molecular complexity index is 513. The van der Waals surface area contributed by atoms with E-state index in [1.165, 1.54) is 111 Å². The molecule has 0 aromatic rings. The Morgan fingerprint density at radius 2 is 0.919 bits per heavy atom. The molecule has 0 aromatic heterocycles. The van der Waals surface area contributed by atoms with Crippen molar-refractivity contribution in [3.63, 3.8) is 0 Å². The molecule has 8 nitrogen and oxygen atoms in total. The second-order valence-electron chi connectivity index (χ2n) is 11.3. The lowest BCUT2D eigenvalue weighted by Crippen LogP contribution is -2.49. The average molecular weight is 527 g/mol. The first-order valence-corrected chi connectivity index (χ1v) is 15.5. The summed E-state index contributed by atoms with van der Waals surface area (Å²) in [4.78, 5) is 15.1. The summed E-state index contributed by atoms with van der Waals surface area (Å²) < 4.78 is 11.9. The molecule has 0 bridgehead atoms. The quantitative estimate of drug-likeness (QED) is 0.199. The van der Waals surface area contributed by atoms with Crippen LogP contribution >= 0.6 is 0 Å². The third-order valence-corrected chi connectivity index (χ3v) is 8.00. The molecule has 0 saturated carbocycles. The zero-order valence-corrected chi connectivity index (χ0v) is 25.2. The number of unbranched alkanes of at least 4 members (excludes halogenated alkanes) is 3. The van der Waals surface area contributed by atoms with Gasteiger partial charge in [-0.2, -0.15) is 0 Å². The molecule has 0 atom stereocenters. The van der Waals surface area contributed by atoms with E-state index in [9.17, 15) is 0 Å². The molecule has 2 saturated heterocycles. The van der Waals surface area contributed by atoms with Crippen molar-refractivity contribution in [1.82, 2.24) is 29.4 Å². The smallest absolute Gasteiger partial charge is 0.0594 e. The minimum absolute atomic E-state index is 0.808. The second-order valence-corrected chi connectivity index (χ2v) is 11.3. The molecule has 220 valence electrons. The van der Waals surface area contributed by atoms with E-state index in [4.69, 9.17) is 9.47 Å². The van der Waals surface area contributed by atoms with Gasteiger partial charge in [0, 0.05) is 91.6 Å². The van der Waals surface area contributed by atoms with Gasteiger partial charge in [0.25, 0.3) is 0 Å². The minimum Gasteiger partial charge on any atom is -0.379 e. The summed E-state index contributed by atoms with van der Waals surface area (Å²) in [6.07, 6.45) is 6.71. The highest BCUT2D eigenvalue weighted by Gasteiger charge is 2.17. The van der Waals surface area contributed by atoms with Gasteiger partial charge in [0.15, 0.2) is 0 Å². The molecular formula is C29H62N6O2. The van der Waals surface area contributed by atoms with Crippen molar-refractivity contribution >= 4 is 0 Å². The van der Waals surface area contributed by atoms with E-state index in [1.54, 1.807) is 0 Å². The number of piperazine rings is 2. The van der Waals surface area contributed by atoms with Gasteiger partial charge in [-0.25, -0.2) is 0 Å². The Morgan fingerprint density at radius 3 is 1.41 bits per heavy atom. The predicted octanol–water partition coefficient (Wildman–Crippen LogP) is 2.11. The van der Waals surface area contributed by atoms with Crippen LogP contribution < -0.4 is 0 Å². The molecule has 0 radical (unpaired) electrons. The van der Waals surface area contributed by atoms with Gasteiger partial charge in [-0.3, -0.25) is 14.7 Å². The van der Waals surface area contributed by atoms with E-state index in [0.717, 1.165) is 52.6 Å². The average Bonchev–Trinajstić information content (AvgIpc) is 2.91. The molecule has 0 aliphatic carbocycles. The standard InChI is InChI=1S/C29H62N6O2/c1-5-7-8-9-11-32-14-18-34(19-15-32)24-28-36-26-22-31(4)23-27-37-29-25-35-20-16-33(17-21-35)13-12-30(3)10-6-2/h5-29H2,1-4H3. The number of nitrogens with zero attached hydrogens (tertiary/aromatic N) is 6. The summed E-state index contributed by atoms with van der Waals surface area (Å²) in [6, 6.07) is 0. The van der Waals surface area contributed by atoms with E-state index in [-0.39, 0.29) is 0 Å². The van der Waals surface area contributed by atoms with Crippen LogP contribution in [0.4, 0.5) is 0 Å². The van der Waals surface area contributed by atoms with Crippen molar-refractivity contribution < 1.29 is 9.47 Å². The fraction of sp³-hybridized carbons (Fsp3) is 1.00. The van der Waals surface area contributed by atoms with Gasteiger partial charge in [-0.05, 0) is 40.0 Å². The Kier molecular flexibility index (Phi) is 19.1.